The van der Waals surface area contributed by atoms with E-state index in [-0.39, 0.29) is 24.5 Å². The van der Waals surface area contributed by atoms with Crippen LogP contribution in [0.2, 0.25) is 0 Å². The van der Waals surface area contributed by atoms with E-state index in [1.165, 1.54) is 0 Å². The number of aliphatic hydroxyl groups excluding tert-OH is 1. The van der Waals surface area contributed by atoms with Crippen LogP contribution in [0, 0.1) is 0 Å². The standard InChI is InChI=1S/C16H24N2O3/c1-12(2)18-16(21)9-5-8-15(20)17-10-13-6-3-4-7-14(13)11-19/h3-4,6-7,12,19H,5,8-11H2,1-2H3,(H,17,20)(H,18,21). The van der Waals surface area contributed by atoms with Crippen molar-refractivity contribution < 1.29 is 14.7 Å². The van der Waals surface area contributed by atoms with Crippen molar-refractivity contribution in [2.24, 2.45) is 0 Å². The monoisotopic (exact) mass is 292 g/mol. The van der Waals surface area contributed by atoms with Gasteiger partial charge in [-0.2, -0.15) is 0 Å². The average Bonchev–Trinajstić information content (AvgIpc) is 2.44. The van der Waals surface area contributed by atoms with E-state index in [0.29, 0.717) is 25.8 Å². The third kappa shape index (κ3) is 6.90. The van der Waals surface area contributed by atoms with Gasteiger partial charge in [0, 0.05) is 25.4 Å². The minimum atomic E-state index is -0.0833. The zero-order chi connectivity index (χ0) is 15.7. The minimum Gasteiger partial charge on any atom is -0.392 e. The van der Waals surface area contributed by atoms with Crippen LogP contribution in [-0.2, 0) is 22.7 Å². The summed E-state index contributed by atoms with van der Waals surface area (Å²) in [6.07, 6.45) is 1.22. The number of benzene rings is 1. The summed E-state index contributed by atoms with van der Waals surface area (Å²) < 4.78 is 0. The molecule has 1 rings (SSSR count). The van der Waals surface area contributed by atoms with Crippen LogP contribution in [0.15, 0.2) is 24.3 Å². The second-order valence-electron chi connectivity index (χ2n) is 5.28. The van der Waals surface area contributed by atoms with Gasteiger partial charge in [0.05, 0.1) is 6.61 Å². The van der Waals surface area contributed by atoms with E-state index in [9.17, 15) is 14.7 Å². The van der Waals surface area contributed by atoms with E-state index >= 15 is 0 Å². The number of hydrogen-bond donors (Lipinski definition) is 3. The summed E-state index contributed by atoms with van der Waals surface area (Å²) in [7, 11) is 0. The summed E-state index contributed by atoms with van der Waals surface area (Å²) in [6, 6.07) is 7.56. The van der Waals surface area contributed by atoms with E-state index in [4.69, 9.17) is 0 Å². The van der Waals surface area contributed by atoms with Crippen molar-refractivity contribution in [2.45, 2.75) is 52.3 Å². The molecule has 0 radical (unpaired) electrons. The van der Waals surface area contributed by atoms with Gasteiger partial charge in [0.25, 0.3) is 0 Å². The van der Waals surface area contributed by atoms with Crippen molar-refractivity contribution in [3.63, 3.8) is 0 Å². The molecule has 0 atom stereocenters. The van der Waals surface area contributed by atoms with Crippen LogP contribution >= 0.6 is 0 Å². The van der Waals surface area contributed by atoms with Crippen LogP contribution < -0.4 is 10.6 Å². The van der Waals surface area contributed by atoms with Crippen LogP contribution in [0.25, 0.3) is 0 Å². The molecule has 0 saturated carbocycles. The van der Waals surface area contributed by atoms with Gasteiger partial charge >= 0.3 is 0 Å². The van der Waals surface area contributed by atoms with Crippen molar-refractivity contribution in [1.29, 1.82) is 0 Å². The van der Waals surface area contributed by atoms with Crippen LogP contribution in [0.3, 0.4) is 0 Å². The van der Waals surface area contributed by atoms with Gasteiger partial charge in [0.1, 0.15) is 0 Å². The quantitative estimate of drug-likeness (QED) is 0.679. The smallest absolute Gasteiger partial charge is 0.220 e. The minimum absolute atomic E-state index is 0.0246. The Balaban J connectivity index is 2.27. The Morgan fingerprint density at radius 3 is 2.33 bits per heavy atom. The predicted octanol–water partition coefficient (Wildman–Crippen LogP) is 1.49. The maximum absolute atomic E-state index is 11.7. The van der Waals surface area contributed by atoms with Gasteiger partial charge in [-0.25, -0.2) is 0 Å². The fourth-order valence-corrected chi connectivity index (χ4v) is 1.97. The molecule has 2 amide bonds. The number of carbonyl (C=O) groups is 2. The zero-order valence-electron chi connectivity index (χ0n) is 12.7. The highest BCUT2D eigenvalue weighted by Gasteiger charge is 2.07. The van der Waals surface area contributed by atoms with Crippen LogP contribution in [0.5, 0.6) is 0 Å². The first-order chi connectivity index (χ1) is 10.0. The van der Waals surface area contributed by atoms with Gasteiger partial charge in [0.2, 0.25) is 11.8 Å². The lowest BCUT2D eigenvalue weighted by atomic mass is 10.1. The maximum atomic E-state index is 11.7. The number of rotatable bonds is 8. The molecule has 21 heavy (non-hydrogen) atoms. The van der Waals surface area contributed by atoms with Crippen molar-refractivity contribution in [2.75, 3.05) is 0 Å². The first kappa shape index (κ1) is 17.2. The Bertz CT molecular complexity index is 472. The molecular formula is C16H24N2O3. The van der Waals surface area contributed by atoms with Crippen molar-refractivity contribution in [3.8, 4) is 0 Å². The number of hydrogen-bond acceptors (Lipinski definition) is 3. The van der Waals surface area contributed by atoms with Gasteiger partial charge in [-0.15, -0.1) is 0 Å². The van der Waals surface area contributed by atoms with E-state index in [2.05, 4.69) is 10.6 Å². The molecule has 0 bridgehead atoms. The predicted molar refractivity (Wildman–Crippen MR) is 81.3 cm³/mol. The van der Waals surface area contributed by atoms with Gasteiger partial charge in [0.15, 0.2) is 0 Å². The Labute approximate surface area is 125 Å². The van der Waals surface area contributed by atoms with Gasteiger partial charge in [-0.05, 0) is 31.4 Å². The second kappa shape index (κ2) is 9.13. The fraction of sp³-hybridized carbons (Fsp3) is 0.500. The molecule has 1 aromatic carbocycles. The summed E-state index contributed by atoms with van der Waals surface area (Å²) in [5, 5.41) is 14.8. The Morgan fingerprint density at radius 1 is 1.10 bits per heavy atom. The lowest BCUT2D eigenvalue weighted by Crippen LogP contribution is -2.30. The third-order valence-corrected chi connectivity index (χ3v) is 3.02. The number of amides is 2. The molecule has 5 heteroatoms. The fourth-order valence-electron chi connectivity index (χ4n) is 1.97. The number of nitrogens with one attached hydrogen (secondary N) is 2. The lowest BCUT2D eigenvalue weighted by Gasteiger charge is -2.10. The summed E-state index contributed by atoms with van der Waals surface area (Å²) in [5.74, 6) is -0.108. The van der Waals surface area contributed by atoms with Crippen LogP contribution in [0.1, 0.15) is 44.2 Å². The largest absolute Gasteiger partial charge is 0.392 e. The van der Waals surface area contributed by atoms with E-state index in [0.717, 1.165) is 11.1 Å². The molecule has 5 nitrogen and oxygen atoms in total. The molecule has 0 aromatic heterocycles. The molecule has 0 fully saturated rings. The first-order valence-electron chi connectivity index (χ1n) is 7.26. The molecule has 116 valence electrons. The van der Waals surface area contributed by atoms with Gasteiger partial charge in [-0.3, -0.25) is 9.59 Å². The van der Waals surface area contributed by atoms with E-state index < -0.39 is 0 Å². The number of aliphatic hydroxyl groups is 1. The van der Waals surface area contributed by atoms with E-state index in [1.807, 2.05) is 38.1 Å². The zero-order valence-corrected chi connectivity index (χ0v) is 12.7. The third-order valence-electron chi connectivity index (χ3n) is 3.02. The molecule has 0 aliphatic rings. The van der Waals surface area contributed by atoms with Gasteiger partial charge < -0.3 is 15.7 Å². The lowest BCUT2D eigenvalue weighted by molar-refractivity contribution is -0.122. The molecular weight excluding hydrogens is 268 g/mol. The summed E-state index contributed by atoms with van der Waals surface area (Å²) in [4.78, 5) is 23.1. The topological polar surface area (TPSA) is 78.4 Å². The Morgan fingerprint density at radius 2 is 1.71 bits per heavy atom. The molecule has 0 heterocycles. The highest BCUT2D eigenvalue weighted by Crippen LogP contribution is 2.08. The number of carbonyl (C=O) groups excluding carboxylic acids is 2. The molecule has 0 aliphatic heterocycles. The normalized spacial score (nSPS) is 10.5. The van der Waals surface area contributed by atoms with Crippen LogP contribution in [0.4, 0.5) is 0 Å². The molecule has 0 spiro atoms. The highest BCUT2D eigenvalue weighted by atomic mass is 16.3. The molecule has 0 aliphatic carbocycles. The Hall–Kier alpha value is -1.88. The van der Waals surface area contributed by atoms with Crippen LogP contribution in [-0.4, -0.2) is 23.0 Å². The SMILES string of the molecule is CC(C)NC(=O)CCCC(=O)NCc1ccccc1CO. The molecule has 0 unspecified atom stereocenters. The summed E-state index contributed by atoms with van der Waals surface area (Å²) in [6.45, 7) is 4.17. The molecule has 3 N–H and O–H groups in total. The summed E-state index contributed by atoms with van der Waals surface area (Å²) >= 11 is 0. The average molecular weight is 292 g/mol. The van der Waals surface area contributed by atoms with E-state index in [1.54, 1.807) is 0 Å². The maximum Gasteiger partial charge on any atom is 0.220 e. The van der Waals surface area contributed by atoms with Gasteiger partial charge in [-0.1, -0.05) is 24.3 Å². The first-order valence-corrected chi connectivity index (χ1v) is 7.26. The highest BCUT2D eigenvalue weighted by molar-refractivity contribution is 5.78. The Kier molecular flexibility index (Phi) is 7.46. The van der Waals surface area contributed by atoms with Crippen molar-refractivity contribution >= 4 is 11.8 Å². The van der Waals surface area contributed by atoms with Crippen molar-refractivity contribution in [1.82, 2.24) is 10.6 Å². The molecule has 0 saturated heterocycles. The molecule has 1 aromatic rings. The summed E-state index contributed by atoms with van der Waals surface area (Å²) in [5.41, 5.74) is 1.72. The van der Waals surface area contributed by atoms with Crippen molar-refractivity contribution in [3.05, 3.63) is 35.4 Å². The second-order valence-corrected chi connectivity index (χ2v) is 5.28.